The minimum Gasteiger partial charge on any atom is -0.504 e. The Kier molecular flexibility index (Phi) is 2.55. The van der Waals surface area contributed by atoms with Crippen molar-refractivity contribution in [3.8, 4) is 11.5 Å². The fraction of sp³-hybridized carbons (Fsp3) is 0.333. The van der Waals surface area contributed by atoms with Crippen LogP contribution < -0.4 is 10.5 Å². The van der Waals surface area contributed by atoms with Crippen LogP contribution in [0, 0.1) is 0 Å². The van der Waals surface area contributed by atoms with Gasteiger partial charge in [0.25, 0.3) is 0 Å². The number of hydrogen-bond acceptors (Lipinski definition) is 3. The van der Waals surface area contributed by atoms with Crippen molar-refractivity contribution in [2.45, 2.75) is 13.0 Å². The van der Waals surface area contributed by atoms with Crippen LogP contribution >= 0.6 is 0 Å². The maximum atomic E-state index is 9.36. The maximum absolute atomic E-state index is 9.36. The quantitative estimate of drug-likeness (QED) is 0.700. The lowest BCUT2D eigenvalue weighted by molar-refractivity contribution is 0.373. The van der Waals surface area contributed by atoms with Crippen LogP contribution in [0.25, 0.3) is 0 Å². The van der Waals surface area contributed by atoms with E-state index in [0.717, 1.165) is 5.56 Å². The summed E-state index contributed by atoms with van der Waals surface area (Å²) in [6.07, 6.45) is 0. The third kappa shape index (κ3) is 1.68. The van der Waals surface area contributed by atoms with E-state index in [9.17, 15) is 5.11 Å². The number of methoxy groups -OCH3 is 1. The van der Waals surface area contributed by atoms with Gasteiger partial charge in [0.15, 0.2) is 11.5 Å². The number of hydrogen-bond donors (Lipinski definition) is 2. The van der Waals surface area contributed by atoms with Gasteiger partial charge in [-0.05, 0) is 24.6 Å². The van der Waals surface area contributed by atoms with Gasteiger partial charge in [-0.3, -0.25) is 0 Å². The zero-order valence-electron chi connectivity index (χ0n) is 7.24. The molecule has 0 aliphatic carbocycles. The number of nitrogens with two attached hydrogens (primary N) is 1. The third-order valence-corrected chi connectivity index (χ3v) is 1.73. The molecule has 0 amide bonds. The predicted octanol–water partition coefficient (Wildman–Crippen LogP) is 1.42. The van der Waals surface area contributed by atoms with Gasteiger partial charge >= 0.3 is 0 Å². The van der Waals surface area contributed by atoms with Crippen molar-refractivity contribution >= 4 is 0 Å². The molecule has 0 fully saturated rings. The number of rotatable bonds is 2. The Morgan fingerprint density at radius 3 is 2.58 bits per heavy atom. The van der Waals surface area contributed by atoms with Crippen molar-refractivity contribution in [2.75, 3.05) is 7.11 Å². The minimum absolute atomic E-state index is 0.0678. The molecule has 0 saturated carbocycles. The van der Waals surface area contributed by atoms with Gasteiger partial charge in [-0.25, -0.2) is 0 Å². The number of ether oxygens (including phenoxy) is 1. The predicted molar refractivity (Wildman–Crippen MR) is 47.3 cm³/mol. The molecule has 1 aromatic rings. The fourth-order valence-corrected chi connectivity index (χ4v) is 0.990. The average molecular weight is 167 g/mol. The van der Waals surface area contributed by atoms with Crippen LogP contribution in [0.1, 0.15) is 18.5 Å². The summed E-state index contributed by atoms with van der Waals surface area (Å²) in [7, 11) is 1.51. The van der Waals surface area contributed by atoms with E-state index >= 15 is 0 Å². The molecule has 1 rings (SSSR count). The zero-order chi connectivity index (χ0) is 9.14. The average Bonchev–Trinajstić information content (AvgIpc) is 2.04. The molecule has 0 heterocycles. The van der Waals surface area contributed by atoms with Crippen molar-refractivity contribution in [2.24, 2.45) is 5.73 Å². The zero-order valence-corrected chi connectivity index (χ0v) is 7.24. The van der Waals surface area contributed by atoms with Gasteiger partial charge in [0, 0.05) is 6.04 Å². The monoisotopic (exact) mass is 167 g/mol. The Hall–Kier alpha value is -1.22. The standard InChI is InChI=1S/C9H13NO2/c1-6(10)7-3-4-9(12-2)8(11)5-7/h3-6,11H,10H2,1-2H3. The lowest BCUT2D eigenvalue weighted by Crippen LogP contribution is -2.04. The van der Waals surface area contributed by atoms with E-state index in [1.807, 2.05) is 13.0 Å². The normalized spacial score (nSPS) is 12.6. The Morgan fingerprint density at radius 1 is 1.50 bits per heavy atom. The molecule has 0 saturated heterocycles. The van der Waals surface area contributed by atoms with E-state index in [1.54, 1.807) is 12.1 Å². The molecule has 0 spiro atoms. The number of aromatic hydroxyl groups is 1. The highest BCUT2D eigenvalue weighted by atomic mass is 16.5. The highest BCUT2D eigenvalue weighted by Gasteiger charge is 2.04. The van der Waals surface area contributed by atoms with Crippen LogP contribution in [0.5, 0.6) is 11.5 Å². The molecule has 1 atom stereocenters. The van der Waals surface area contributed by atoms with E-state index in [-0.39, 0.29) is 11.8 Å². The summed E-state index contributed by atoms with van der Waals surface area (Å²) in [6, 6.07) is 5.09. The summed E-state index contributed by atoms with van der Waals surface area (Å²) in [5.74, 6) is 0.603. The SMILES string of the molecule is COc1ccc(C(C)N)cc1O. The van der Waals surface area contributed by atoms with Gasteiger partial charge < -0.3 is 15.6 Å². The highest BCUT2D eigenvalue weighted by molar-refractivity contribution is 5.42. The Labute approximate surface area is 71.8 Å². The van der Waals surface area contributed by atoms with Gasteiger partial charge in [-0.1, -0.05) is 6.07 Å². The van der Waals surface area contributed by atoms with E-state index in [1.165, 1.54) is 7.11 Å². The molecule has 3 N–H and O–H groups in total. The summed E-state index contributed by atoms with van der Waals surface area (Å²) in [4.78, 5) is 0. The molecular weight excluding hydrogens is 154 g/mol. The van der Waals surface area contributed by atoms with Gasteiger partial charge in [-0.2, -0.15) is 0 Å². The van der Waals surface area contributed by atoms with Crippen LogP contribution in [0.15, 0.2) is 18.2 Å². The minimum atomic E-state index is -0.0678. The summed E-state index contributed by atoms with van der Waals surface area (Å²) in [5, 5.41) is 9.36. The first-order valence-electron chi connectivity index (χ1n) is 3.77. The van der Waals surface area contributed by atoms with Crippen LogP contribution in [0.2, 0.25) is 0 Å². The van der Waals surface area contributed by atoms with Crippen LogP contribution in [-0.2, 0) is 0 Å². The molecular formula is C9H13NO2. The largest absolute Gasteiger partial charge is 0.504 e. The van der Waals surface area contributed by atoms with Crippen molar-refractivity contribution < 1.29 is 9.84 Å². The van der Waals surface area contributed by atoms with Crippen molar-refractivity contribution in [1.82, 2.24) is 0 Å². The lowest BCUT2D eigenvalue weighted by atomic mass is 10.1. The van der Waals surface area contributed by atoms with E-state index < -0.39 is 0 Å². The molecule has 0 aliphatic rings. The van der Waals surface area contributed by atoms with Crippen molar-refractivity contribution in [3.63, 3.8) is 0 Å². The van der Waals surface area contributed by atoms with Crippen molar-refractivity contribution in [3.05, 3.63) is 23.8 Å². The second-order valence-electron chi connectivity index (χ2n) is 2.72. The van der Waals surface area contributed by atoms with E-state index in [2.05, 4.69) is 0 Å². The molecule has 12 heavy (non-hydrogen) atoms. The lowest BCUT2D eigenvalue weighted by Gasteiger charge is -2.08. The first-order valence-corrected chi connectivity index (χ1v) is 3.77. The molecule has 3 nitrogen and oxygen atoms in total. The Bertz CT molecular complexity index is 271. The molecule has 66 valence electrons. The van der Waals surface area contributed by atoms with Crippen LogP contribution in [0.3, 0.4) is 0 Å². The molecule has 0 aromatic heterocycles. The summed E-state index contributed by atoms with van der Waals surface area (Å²) >= 11 is 0. The van der Waals surface area contributed by atoms with Gasteiger partial charge in [0.05, 0.1) is 7.11 Å². The first kappa shape index (κ1) is 8.87. The van der Waals surface area contributed by atoms with Crippen molar-refractivity contribution in [1.29, 1.82) is 0 Å². The van der Waals surface area contributed by atoms with Gasteiger partial charge in [0.1, 0.15) is 0 Å². The van der Waals surface area contributed by atoms with Gasteiger partial charge in [-0.15, -0.1) is 0 Å². The number of phenols is 1. The van der Waals surface area contributed by atoms with Gasteiger partial charge in [0.2, 0.25) is 0 Å². The summed E-state index contributed by atoms with van der Waals surface area (Å²) in [5.41, 5.74) is 6.52. The van der Waals surface area contributed by atoms with E-state index in [0.29, 0.717) is 5.75 Å². The summed E-state index contributed by atoms with van der Waals surface area (Å²) < 4.78 is 4.89. The molecule has 0 bridgehead atoms. The topological polar surface area (TPSA) is 55.5 Å². The summed E-state index contributed by atoms with van der Waals surface area (Å²) in [6.45, 7) is 1.86. The number of phenolic OH excluding ortho intramolecular Hbond substituents is 1. The Balaban J connectivity index is 3.02. The number of benzene rings is 1. The van der Waals surface area contributed by atoms with Crippen LogP contribution in [0.4, 0.5) is 0 Å². The molecule has 1 aromatic carbocycles. The molecule has 3 heteroatoms. The van der Waals surface area contributed by atoms with Crippen LogP contribution in [-0.4, -0.2) is 12.2 Å². The van der Waals surface area contributed by atoms with E-state index in [4.69, 9.17) is 10.5 Å². The Morgan fingerprint density at radius 2 is 2.17 bits per heavy atom. The maximum Gasteiger partial charge on any atom is 0.160 e. The molecule has 1 unspecified atom stereocenters. The highest BCUT2D eigenvalue weighted by Crippen LogP contribution is 2.27. The third-order valence-electron chi connectivity index (χ3n) is 1.73. The molecule has 0 aliphatic heterocycles. The fourth-order valence-electron chi connectivity index (χ4n) is 0.990. The molecule has 0 radical (unpaired) electrons. The second-order valence-corrected chi connectivity index (χ2v) is 2.72. The smallest absolute Gasteiger partial charge is 0.160 e. The first-order chi connectivity index (χ1) is 5.65. The second kappa shape index (κ2) is 3.45.